The molecule has 0 aliphatic carbocycles. The van der Waals surface area contributed by atoms with E-state index in [-0.39, 0.29) is 18.2 Å². The molecular weight excluding hydrogens is 302 g/mol. The SMILES string of the molecule is N#CCC(=O)N1CCC(CNC(=O)c2ccc(Cl)cc2)CC1. The van der Waals surface area contributed by atoms with Crippen LogP contribution in [0.3, 0.4) is 0 Å². The summed E-state index contributed by atoms with van der Waals surface area (Å²) < 4.78 is 0. The molecule has 1 fully saturated rings. The molecular formula is C16H18ClN3O2. The van der Waals surface area contributed by atoms with Crippen molar-refractivity contribution in [1.29, 1.82) is 5.26 Å². The van der Waals surface area contributed by atoms with Gasteiger partial charge in [-0.3, -0.25) is 9.59 Å². The lowest BCUT2D eigenvalue weighted by Crippen LogP contribution is -2.41. The molecule has 1 aliphatic heterocycles. The number of carbonyl (C=O) groups excluding carboxylic acids is 2. The van der Waals surface area contributed by atoms with Gasteiger partial charge in [-0.25, -0.2) is 0 Å². The molecule has 5 nitrogen and oxygen atoms in total. The van der Waals surface area contributed by atoms with Crippen molar-refractivity contribution in [2.24, 2.45) is 5.92 Å². The van der Waals surface area contributed by atoms with E-state index in [9.17, 15) is 9.59 Å². The van der Waals surface area contributed by atoms with Gasteiger partial charge in [0.1, 0.15) is 6.42 Å². The maximum Gasteiger partial charge on any atom is 0.251 e. The van der Waals surface area contributed by atoms with Gasteiger partial charge >= 0.3 is 0 Å². The third-order valence-corrected chi connectivity index (χ3v) is 4.11. The number of piperidine rings is 1. The number of likely N-dealkylation sites (tertiary alicyclic amines) is 1. The minimum absolute atomic E-state index is 0.0576. The normalized spacial score (nSPS) is 15.2. The Labute approximate surface area is 134 Å². The van der Waals surface area contributed by atoms with E-state index in [0.717, 1.165) is 12.8 Å². The summed E-state index contributed by atoms with van der Waals surface area (Å²) in [5, 5.41) is 12.1. The Morgan fingerprint density at radius 3 is 2.50 bits per heavy atom. The Bertz CT molecular complexity index is 572. The van der Waals surface area contributed by atoms with E-state index < -0.39 is 0 Å². The maximum absolute atomic E-state index is 12.0. The van der Waals surface area contributed by atoms with Crippen LogP contribution >= 0.6 is 11.6 Å². The zero-order valence-electron chi connectivity index (χ0n) is 12.2. The first-order chi connectivity index (χ1) is 10.6. The van der Waals surface area contributed by atoms with E-state index in [0.29, 0.717) is 36.1 Å². The number of nitrogens with zero attached hydrogens (tertiary/aromatic N) is 2. The Morgan fingerprint density at radius 2 is 1.91 bits per heavy atom. The fourth-order valence-electron chi connectivity index (χ4n) is 2.51. The molecule has 0 atom stereocenters. The van der Waals surface area contributed by atoms with Gasteiger partial charge in [-0.1, -0.05) is 11.6 Å². The zero-order chi connectivity index (χ0) is 15.9. The average Bonchev–Trinajstić information content (AvgIpc) is 2.54. The fraction of sp³-hybridized carbons (Fsp3) is 0.438. The predicted octanol–water partition coefficient (Wildman–Crippen LogP) is 2.22. The van der Waals surface area contributed by atoms with Gasteiger partial charge in [0.05, 0.1) is 6.07 Å². The topological polar surface area (TPSA) is 73.2 Å². The number of amides is 2. The van der Waals surface area contributed by atoms with Crippen molar-refractivity contribution in [3.8, 4) is 6.07 Å². The molecule has 1 aromatic carbocycles. The lowest BCUT2D eigenvalue weighted by Gasteiger charge is -2.31. The Hall–Kier alpha value is -2.06. The van der Waals surface area contributed by atoms with E-state index in [1.807, 2.05) is 6.07 Å². The summed E-state index contributed by atoms with van der Waals surface area (Å²) in [5.41, 5.74) is 0.589. The lowest BCUT2D eigenvalue weighted by atomic mass is 9.96. The molecule has 0 radical (unpaired) electrons. The molecule has 1 saturated heterocycles. The number of nitrogens with one attached hydrogen (secondary N) is 1. The first-order valence-corrected chi connectivity index (χ1v) is 7.66. The number of halogens is 1. The minimum Gasteiger partial charge on any atom is -0.352 e. The number of nitriles is 1. The van der Waals surface area contributed by atoms with E-state index in [1.165, 1.54) is 0 Å². The molecule has 2 rings (SSSR count). The summed E-state index contributed by atoms with van der Waals surface area (Å²) in [4.78, 5) is 25.3. The van der Waals surface area contributed by atoms with Gasteiger partial charge in [-0.15, -0.1) is 0 Å². The molecule has 22 heavy (non-hydrogen) atoms. The fourth-order valence-corrected chi connectivity index (χ4v) is 2.63. The van der Waals surface area contributed by atoms with Crippen LogP contribution in [0.25, 0.3) is 0 Å². The summed E-state index contributed by atoms with van der Waals surface area (Å²) in [5.74, 6) is 0.146. The molecule has 0 saturated carbocycles. The van der Waals surface area contributed by atoms with Gasteiger partial charge in [-0.05, 0) is 43.0 Å². The molecule has 0 aromatic heterocycles. The minimum atomic E-state index is -0.111. The van der Waals surface area contributed by atoms with E-state index in [2.05, 4.69) is 5.32 Å². The summed E-state index contributed by atoms with van der Waals surface area (Å²) in [6, 6.07) is 8.65. The van der Waals surface area contributed by atoms with Crippen LogP contribution in [0.2, 0.25) is 5.02 Å². The first kappa shape index (κ1) is 16.3. The third kappa shape index (κ3) is 4.47. The van der Waals surface area contributed by atoms with Gasteiger partial charge in [0.15, 0.2) is 0 Å². The highest BCUT2D eigenvalue weighted by molar-refractivity contribution is 6.30. The molecule has 1 N–H and O–H groups in total. The molecule has 1 aliphatic rings. The second-order valence-corrected chi connectivity index (χ2v) is 5.81. The number of benzene rings is 1. The van der Waals surface area contributed by atoms with Gasteiger partial charge < -0.3 is 10.2 Å². The number of hydrogen-bond acceptors (Lipinski definition) is 3. The van der Waals surface area contributed by atoms with E-state index in [4.69, 9.17) is 16.9 Å². The summed E-state index contributed by atoms with van der Waals surface area (Å²) in [7, 11) is 0. The molecule has 116 valence electrons. The molecule has 0 unspecified atom stereocenters. The van der Waals surface area contributed by atoms with Gasteiger partial charge in [0.2, 0.25) is 5.91 Å². The van der Waals surface area contributed by atoms with Crippen molar-refractivity contribution in [2.75, 3.05) is 19.6 Å². The van der Waals surface area contributed by atoms with Crippen LogP contribution in [0.4, 0.5) is 0 Å². The Morgan fingerprint density at radius 1 is 1.27 bits per heavy atom. The van der Waals surface area contributed by atoms with Crippen LogP contribution in [0.5, 0.6) is 0 Å². The molecule has 0 spiro atoms. The van der Waals surface area contributed by atoms with Crippen molar-refractivity contribution in [3.63, 3.8) is 0 Å². The largest absolute Gasteiger partial charge is 0.352 e. The van der Waals surface area contributed by atoms with Gasteiger partial charge in [0.25, 0.3) is 5.91 Å². The van der Waals surface area contributed by atoms with Crippen molar-refractivity contribution in [2.45, 2.75) is 19.3 Å². The number of hydrogen-bond donors (Lipinski definition) is 1. The van der Waals surface area contributed by atoms with Crippen molar-refractivity contribution >= 4 is 23.4 Å². The van der Waals surface area contributed by atoms with Gasteiger partial charge in [0, 0.05) is 30.2 Å². The third-order valence-electron chi connectivity index (χ3n) is 3.86. The number of carbonyl (C=O) groups is 2. The van der Waals surface area contributed by atoms with E-state index in [1.54, 1.807) is 29.2 Å². The second kappa shape index (κ2) is 7.81. The smallest absolute Gasteiger partial charge is 0.251 e. The average molecular weight is 320 g/mol. The van der Waals surface area contributed by atoms with Gasteiger partial charge in [-0.2, -0.15) is 5.26 Å². The Kier molecular flexibility index (Phi) is 5.79. The standard InChI is InChI=1S/C16H18ClN3O2/c17-14-3-1-13(2-4-14)16(22)19-11-12-6-9-20(10-7-12)15(21)5-8-18/h1-4,12H,5-7,9-11H2,(H,19,22). The lowest BCUT2D eigenvalue weighted by molar-refractivity contribution is -0.131. The molecule has 1 heterocycles. The molecule has 6 heteroatoms. The van der Waals surface area contributed by atoms with Crippen molar-refractivity contribution in [3.05, 3.63) is 34.9 Å². The van der Waals surface area contributed by atoms with Crippen LogP contribution in [-0.4, -0.2) is 36.3 Å². The monoisotopic (exact) mass is 319 g/mol. The molecule has 1 aromatic rings. The highest BCUT2D eigenvalue weighted by Gasteiger charge is 2.22. The molecule has 0 bridgehead atoms. The van der Waals surface area contributed by atoms with Crippen molar-refractivity contribution < 1.29 is 9.59 Å². The van der Waals surface area contributed by atoms with E-state index >= 15 is 0 Å². The zero-order valence-corrected chi connectivity index (χ0v) is 13.0. The highest BCUT2D eigenvalue weighted by Crippen LogP contribution is 2.17. The van der Waals surface area contributed by atoms with Crippen molar-refractivity contribution in [1.82, 2.24) is 10.2 Å². The maximum atomic E-state index is 12.0. The Balaban J connectivity index is 1.75. The van der Waals surface area contributed by atoms with Crippen LogP contribution in [-0.2, 0) is 4.79 Å². The van der Waals surface area contributed by atoms with Crippen LogP contribution in [0.15, 0.2) is 24.3 Å². The summed E-state index contributed by atoms with van der Waals surface area (Å²) in [6.45, 7) is 1.91. The second-order valence-electron chi connectivity index (χ2n) is 5.38. The van der Waals surface area contributed by atoms with Crippen LogP contribution < -0.4 is 5.32 Å². The highest BCUT2D eigenvalue weighted by atomic mass is 35.5. The summed E-state index contributed by atoms with van der Waals surface area (Å²) >= 11 is 5.79. The number of rotatable bonds is 4. The summed E-state index contributed by atoms with van der Waals surface area (Å²) in [6.07, 6.45) is 1.63. The quantitative estimate of drug-likeness (QED) is 0.924. The van der Waals surface area contributed by atoms with Crippen LogP contribution in [0, 0.1) is 17.2 Å². The predicted molar refractivity (Wildman–Crippen MR) is 83.3 cm³/mol. The van der Waals surface area contributed by atoms with Crippen LogP contribution in [0.1, 0.15) is 29.6 Å². The first-order valence-electron chi connectivity index (χ1n) is 7.28. The molecule has 2 amide bonds.